The molecule has 1 aromatic rings. The third-order valence-electron chi connectivity index (χ3n) is 3.00. The van der Waals surface area contributed by atoms with E-state index in [1.807, 2.05) is 12.1 Å². The molecule has 0 amide bonds. The second kappa shape index (κ2) is 4.55. The molecule has 0 atom stereocenters. The van der Waals surface area contributed by atoms with Crippen LogP contribution < -0.4 is 5.32 Å². The van der Waals surface area contributed by atoms with Crippen LogP contribution in [0.1, 0.15) is 24.3 Å². The quantitative estimate of drug-likeness (QED) is 0.846. The minimum atomic E-state index is -3.16. The number of rotatable bonds is 2. The summed E-state index contributed by atoms with van der Waals surface area (Å²) in [5.41, 5.74) is 0.937. The van der Waals surface area contributed by atoms with E-state index >= 15 is 0 Å². The summed E-state index contributed by atoms with van der Waals surface area (Å²) in [5.74, 6) is 0.350. The fourth-order valence-electron chi connectivity index (χ4n) is 2.21. The molecule has 16 heavy (non-hydrogen) atoms. The number of sulfone groups is 1. The van der Waals surface area contributed by atoms with Gasteiger partial charge in [-0.2, -0.15) is 0 Å². The van der Waals surface area contributed by atoms with E-state index in [1.54, 1.807) is 6.07 Å². The van der Waals surface area contributed by atoms with Crippen LogP contribution in [0.2, 0.25) is 0 Å². The van der Waals surface area contributed by atoms with Crippen LogP contribution in [0, 0.1) is 6.07 Å². The van der Waals surface area contributed by atoms with E-state index in [0.717, 1.165) is 31.5 Å². The van der Waals surface area contributed by atoms with Gasteiger partial charge in [-0.25, -0.2) is 8.42 Å². The van der Waals surface area contributed by atoms with Crippen molar-refractivity contribution in [2.24, 2.45) is 0 Å². The lowest BCUT2D eigenvalue weighted by Gasteiger charge is -2.24. The van der Waals surface area contributed by atoms with E-state index in [4.69, 9.17) is 0 Å². The van der Waals surface area contributed by atoms with Crippen molar-refractivity contribution in [1.29, 1.82) is 0 Å². The van der Waals surface area contributed by atoms with Crippen molar-refractivity contribution in [2.75, 3.05) is 19.3 Å². The molecule has 0 saturated carbocycles. The van der Waals surface area contributed by atoms with Crippen molar-refractivity contribution in [3.63, 3.8) is 0 Å². The van der Waals surface area contributed by atoms with E-state index in [2.05, 4.69) is 11.4 Å². The first-order valence-corrected chi connectivity index (χ1v) is 7.39. The molecule has 1 heterocycles. The van der Waals surface area contributed by atoms with Crippen LogP contribution in [0.15, 0.2) is 23.1 Å². The van der Waals surface area contributed by atoms with Crippen molar-refractivity contribution < 1.29 is 8.42 Å². The van der Waals surface area contributed by atoms with Gasteiger partial charge in [-0.3, -0.25) is 0 Å². The van der Waals surface area contributed by atoms with Crippen LogP contribution in [0.3, 0.4) is 0 Å². The average Bonchev–Trinajstić information content (AvgIpc) is 2.29. The predicted molar refractivity (Wildman–Crippen MR) is 63.2 cm³/mol. The lowest BCUT2D eigenvalue weighted by Crippen LogP contribution is -2.27. The van der Waals surface area contributed by atoms with E-state index in [-0.39, 0.29) is 0 Å². The van der Waals surface area contributed by atoms with Crippen LogP contribution in [-0.2, 0) is 9.84 Å². The zero-order valence-electron chi connectivity index (χ0n) is 9.36. The molecule has 1 N–H and O–H groups in total. The van der Waals surface area contributed by atoms with Crippen molar-refractivity contribution in [2.45, 2.75) is 23.7 Å². The minimum Gasteiger partial charge on any atom is -0.317 e. The molecule has 0 spiro atoms. The fraction of sp³-hybridized carbons (Fsp3) is 0.500. The summed E-state index contributed by atoms with van der Waals surface area (Å²) >= 11 is 0. The lowest BCUT2D eigenvalue weighted by molar-refractivity contribution is 0.455. The Hall–Kier alpha value is -0.870. The van der Waals surface area contributed by atoms with E-state index < -0.39 is 9.84 Å². The standard InChI is InChI=1S/C12H16NO2S/c1-16(14,15)12-5-3-2-4-11(12)10-6-8-13-9-7-10/h2-4,10,13H,6-9H2,1H3. The van der Waals surface area contributed by atoms with Crippen LogP contribution in [0.5, 0.6) is 0 Å². The van der Waals surface area contributed by atoms with Crippen LogP contribution in [0.25, 0.3) is 0 Å². The van der Waals surface area contributed by atoms with Crippen molar-refractivity contribution in [1.82, 2.24) is 5.32 Å². The van der Waals surface area contributed by atoms with Gasteiger partial charge in [0.15, 0.2) is 9.84 Å². The van der Waals surface area contributed by atoms with Crippen molar-refractivity contribution in [3.8, 4) is 0 Å². The number of piperidine rings is 1. The highest BCUT2D eigenvalue weighted by Crippen LogP contribution is 2.29. The molecule has 0 bridgehead atoms. The molecule has 3 nitrogen and oxygen atoms in total. The van der Waals surface area contributed by atoms with Crippen LogP contribution in [0.4, 0.5) is 0 Å². The number of hydrogen-bond acceptors (Lipinski definition) is 3. The predicted octanol–water partition coefficient (Wildman–Crippen LogP) is 1.36. The summed E-state index contributed by atoms with van der Waals surface area (Å²) in [5, 5.41) is 3.28. The largest absolute Gasteiger partial charge is 0.317 e. The van der Waals surface area contributed by atoms with Gasteiger partial charge in [-0.15, -0.1) is 0 Å². The Balaban J connectivity index is 2.40. The van der Waals surface area contributed by atoms with E-state index in [0.29, 0.717) is 10.8 Å². The topological polar surface area (TPSA) is 46.2 Å². The maximum atomic E-state index is 11.6. The fourth-order valence-corrected chi connectivity index (χ4v) is 3.16. The normalized spacial score (nSPS) is 18.6. The third kappa shape index (κ3) is 2.44. The smallest absolute Gasteiger partial charge is 0.176 e. The molecule has 1 aliphatic rings. The summed E-state index contributed by atoms with van der Waals surface area (Å²) in [4.78, 5) is 0.377. The first-order valence-electron chi connectivity index (χ1n) is 5.50. The zero-order valence-corrected chi connectivity index (χ0v) is 10.2. The summed E-state index contributed by atoms with van der Waals surface area (Å²) in [6.07, 6.45) is 3.25. The first-order chi connectivity index (χ1) is 7.59. The lowest BCUT2D eigenvalue weighted by atomic mass is 9.90. The monoisotopic (exact) mass is 238 g/mol. The third-order valence-corrected chi connectivity index (χ3v) is 4.09. The molecule has 87 valence electrons. The van der Waals surface area contributed by atoms with E-state index in [1.165, 1.54) is 6.26 Å². The average molecular weight is 238 g/mol. The van der Waals surface area contributed by atoms with Crippen LogP contribution in [-0.4, -0.2) is 27.8 Å². The molecule has 0 aromatic heterocycles. The number of benzene rings is 1. The summed E-state index contributed by atoms with van der Waals surface area (Å²) in [6.45, 7) is 1.92. The van der Waals surface area contributed by atoms with E-state index in [9.17, 15) is 8.42 Å². The maximum absolute atomic E-state index is 11.6. The molecule has 0 aliphatic carbocycles. The molecule has 1 saturated heterocycles. The summed E-state index contributed by atoms with van der Waals surface area (Å²) < 4.78 is 23.3. The Kier molecular flexibility index (Phi) is 3.30. The van der Waals surface area contributed by atoms with Gasteiger partial charge in [0.2, 0.25) is 0 Å². The molecule has 1 radical (unpaired) electrons. The Morgan fingerprint density at radius 3 is 2.69 bits per heavy atom. The van der Waals surface area contributed by atoms with Gasteiger partial charge in [0, 0.05) is 12.3 Å². The highest BCUT2D eigenvalue weighted by molar-refractivity contribution is 7.90. The maximum Gasteiger partial charge on any atom is 0.176 e. The minimum absolute atomic E-state index is 0.350. The van der Waals surface area contributed by atoms with Gasteiger partial charge in [-0.1, -0.05) is 18.2 Å². The van der Waals surface area contributed by atoms with Gasteiger partial charge < -0.3 is 5.32 Å². The zero-order chi connectivity index (χ0) is 11.6. The van der Waals surface area contributed by atoms with Gasteiger partial charge in [0.1, 0.15) is 0 Å². The Labute approximate surface area is 96.8 Å². The van der Waals surface area contributed by atoms with Crippen LogP contribution >= 0.6 is 0 Å². The number of nitrogens with one attached hydrogen (secondary N) is 1. The Morgan fingerprint density at radius 2 is 2.06 bits per heavy atom. The highest BCUT2D eigenvalue weighted by atomic mass is 32.2. The molecular formula is C12H16NO2S. The summed E-state index contributed by atoms with van der Waals surface area (Å²) in [6, 6.07) is 8.32. The van der Waals surface area contributed by atoms with Gasteiger partial charge >= 0.3 is 0 Å². The number of hydrogen-bond donors (Lipinski definition) is 1. The molecule has 1 aromatic carbocycles. The Bertz CT molecular complexity index is 462. The van der Waals surface area contributed by atoms with Crippen molar-refractivity contribution in [3.05, 3.63) is 29.8 Å². The molecular weight excluding hydrogens is 222 g/mol. The first kappa shape index (κ1) is 11.6. The van der Waals surface area contributed by atoms with Gasteiger partial charge in [-0.05, 0) is 37.4 Å². The van der Waals surface area contributed by atoms with Crippen molar-refractivity contribution >= 4 is 9.84 Å². The molecule has 1 fully saturated rings. The Morgan fingerprint density at radius 1 is 1.38 bits per heavy atom. The SMILES string of the molecule is CS(=O)(=O)c1[c]cccc1C1CCNCC1. The summed E-state index contributed by atoms with van der Waals surface area (Å²) in [7, 11) is -3.16. The highest BCUT2D eigenvalue weighted by Gasteiger charge is 2.21. The van der Waals surface area contributed by atoms with Gasteiger partial charge in [0.05, 0.1) is 4.90 Å². The molecule has 1 aliphatic heterocycles. The molecule has 0 unspecified atom stereocenters. The molecule has 2 rings (SSSR count). The second-order valence-electron chi connectivity index (χ2n) is 4.25. The molecule has 4 heteroatoms. The second-order valence-corrected chi connectivity index (χ2v) is 6.20. The van der Waals surface area contributed by atoms with Gasteiger partial charge in [0.25, 0.3) is 0 Å².